The molecule has 0 aromatic heterocycles. The van der Waals surface area contributed by atoms with E-state index in [2.05, 4.69) is 11.9 Å². The van der Waals surface area contributed by atoms with Crippen LogP contribution in [0.1, 0.15) is 12.5 Å². The first-order valence-corrected chi connectivity index (χ1v) is 9.43. The van der Waals surface area contributed by atoms with E-state index in [1.165, 1.54) is 12.1 Å². The summed E-state index contributed by atoms with van der Waals surface area (Å²) in [6.45, 7) is 6.95. The number of fused-ring (bicyclic) bond motifs is 1. The highest BCUT2D eigenvalue weighted by Gasteiger charge is 2.22. The van der Waals surface area contributed by atoms with Crippen molar-refractivity contribution in [1.82, 2.24) is 4.90 Å². The lowest BCUT2D eigenvalue weighted by molar-refractivity contribution is 0.171. The number of anilines is 1. The lowest BCUT2D eigenvalue weighted by atomic mass is 10.1. The minimum atomic E-state index is -0.631. The Morgan fingerprint density at radius 2 is 1.93 bits per heavy atom. The third-order valence-corrected chi connectivity index (χ3v) is 4.79. The van der Waals surface area contributed by atoms with Crippen molar-refractivity contribution in [3.8, 4) is 17.2 Å². The average Bonchev–Trinajstić information content (AvgIpc) is 2.72. The van der Waals surface area contributed by atoms with Crippen LogP contribution in [0.3, 0.4) is 0 Å². The molecular weight excluding hydrogens is 385 g/mol. The van der Waals surface area contributed by atoms with Gasteiger partial charge in [0, 0.05) is 34.8 Å². The van der Waals surface area contributed by atoms with Gasteiger partial charge in [-0.3, -0.25) is 4.90 Å². The molecule has 0 aliphatic carbocycles. The van der Waals surface area contributed by atoms with Crippen LogP contribution in [0, 0.1) is 5.82 Å². The standard InChI is InChI=1S/C23H22FN3O3/c1-14-4-3-5-15(2)27(14)23(22(25)18-8-7-17(28)13-19(18)24)26-16-6-9-20-21(12-16)30-11-10-29-20/h3-9,12-13,26,28H,1,10-11,25H2,2H3/b23-22-. The molecule has 2 aromatic carbocycles. The van der Waals surface area contributed by atoms with Crippen LogP contribution in [0.2, 0.25) is 0 Å². The molecule has 0 saturated heterocycles. The van der Waals surface area contributed by atoms with Crippen molar-refractivity contribution in [3.05, 3.63) is 89.8 Å². The van der Waals surface area contributed by atoms with Gasteiger partial charge in [-0.05, 0) is 43.3 Å². The van der Waals surface area contributed by atoms with Crippen LogP contribution in [0.25, 0.3) is 5.70 Å². The highest BCUT2D eigenvalue weighted by Crippen LogP contribution is 2.35. The number of phenols is 1. The Bertz CT molecular complexity index is 1100. The second-order valence-electron chi connectivity index (χ2n) is 6.90. The lowest BCUT2D eigenvalue weighted by Crippen LogP contribution is -2.28. The molecule has 2 aliphatic heterocycles. The smallest absolute Gasteiger partial charge is 0.163 e. The number of halogens is 1. The Hall–Kier alpha value is -3.87. The fraction of sp³-hybridized carbons (Fsp3) is 0.130. The van der Waals surface area contributed by atoms with Crippen molar-refractivity contribution in [2.45, 2.75) is 6.92 Å². The molecular formula is C23H22FN3O3. The molecule has 4 rings (SSSR count). The molecule has 154 valence electrons. The maximum absolute atomic E-state index is 14.6. The summed E-state index contributed by atoms with van der Waals surface area (Å²) in [6, 6.07) is 9.29. The highest BCUT2D eigenvalue weighted by molar-refractivity contribution is 5.72. The number of nitrogens with zero attached hydrogens (tertiary/aromatic N) is 1. The van der Waals surface area contributed by atoms with Crippen molar-refractivity contribution >= 4 is 11.4 Å². The Morgan fingerprint density at radius 1 is 1.17 bits per heavy atom. The number of hydrogen-bond donors (Lipinski definition) is 3. The topological polar surface area (TPSA) is 80.0 Å². The minimum Gasteiger partial charge on any atom is -0.508 e. The van der Waals surface area contributed by atoms with E-state index >= 15 is 0 Å². The Morgan fingerprint density at radius 3 is 2.67 bits per heavy atom. The highest BCUT2D eigenvalue weighted by atomic mass is 19.1. The van der Waals surface area contributed by atoms with E-state index in [9.17, 15) is 9.50 Å². The normalized spacial score (nSPS) is 16.1. The third-order valence-electron chi connectivity index (χ3n) is 4.79. The fourth-order valence-corrected chi connectivity index (χ4v) is 3.35. The van der Waals surface area contributed by atoms with Gasteiger partial charge in [0.15, 0.2) is 11.5 Å². The molecule has 2 aliphatic rings. The van der Waals surface area contributed by atoms with Gasteiger partial charge in [0.05, 0.1) is 5.70 Å². The van der Waals surface area contributed by atoms with E-state index in [4.69, 9.17) is 15.2 Å². The maximum Gasteiger partial charge on any atom is 0.163 e. The molecule has 0 saturated carbocycles. The van der Waals surface area contributed by atoms with Gasteiger partial charge in [0.1, 0.15) is 30.6 Å². The third kappa shape index (κ3) is 3.69. The zero-order chi connectivity index (χ0) is 21.3. The number of hydrogen-bond acceptors (Lipinski definition) is 6. The Labute approximate surface area is 174 Å². The summed E-state index contributed by atoms with van der Waals surface area (Å²) in [4.78, 5) is 1.80. The molecule has 0 atom stereocenters. The molecule has 0 amide bonds. The van der Waals surface area contributed by atoms with Gasteiger partial charge >= 0.3 is 0 Å². The first-order chi connectivity index (χ1) is 14.4. The molecule has 0 radical (unpaired) electrons. The first kappa shape index (κ1) is 19.4. The van der Waals surface area contributed by atoms with Crippen LogP contribution in [0.5, 0.6) is 17.2 Å². The quantitative estimate of drug-likeness (QED) is 0.702. The van der Waals surface area contributed by atoms with Gasteiger partial charge in [-0.25, -0.2) is 4.39 Å². The summed E-state index contributed by atoms with van der Waals surface area (Å²) < 4.78 is 25.8. The second-order valence-corrected chi connectivity index (χ2v) is 6.90. The van der Waals surface area contributed by atoms with Crippen molar-refractivity contribution in [3.63, 3.8) is 0 Å². The lowest BCUT2D eigenvalue weighted by Gasteiger charge is -2.32. The number of nitrogens with one attached hydrogen (secondary N) is 1. The number of phenolic OH excluding ortho intramolecular Hbond substituents is 1. The molecule has 6 nitrogen and oxygen atoms in total. The molecule has 0 unspecified atom stereocenters. The van der Waals surface area contributed by atoms with Crippen LogP contribution < -0.4 is 20.5 Å². The van der Waals surface area contributed by atoms with E-state index < -0.39 is 5.82 Å². The number of rotatable bonds is 4. The van der Waals surface area contributed by atoms with Crippen molar-refractivity contribution in [2.75, 3.05) is 18.5 Å². The van der Waals surface area contributed by atoms with Gasteiger partial charge in [-0.15, -0.1) is 0 Å². The number of nitrogens with two attached hydrogens (primary N) is 1. The van der Waals surface area contributed by atoms with Gasteiger partial charge in [-0.2, -0.15) is 0 Å². The van der Waals surface area contributed by atoms with Gasteiger partial charge in [-0.1, -0.05) is 12.7 Å². The predicted molar refractivity (Wildman–Crippen MR) is 114 cm³/mol. The maximum atomic E-state index is 14.6. The molecule has 0 bridgehead atoms. The van der Waals surface area contributed by atoms with E-state index in [0.717, 1.165) is 11.8 Å². The number of aromatic hydroxyl groups is 1. The molecule has 0 fully saturated rings. The van der Waals surface area contributed by atoms with Crippen LogP contribution in [-0.4, -0.2) is 23.2 Å². The van der Waals surface area contributed by atoms with Crippen molar-refractivity contribution in [1.29, 1.82) is 0 Å². The number of benzene rings is 2. The predicted octanol–water partition coefficient (Wildman–Crippen LogP) is 4.29. The summed E-state index contributed by atoms with van der Waals surface area (Å²) in [5.74, 6) is 0.904. The monoisotopic (exact) mass is 407 g/mol. The molecule has 0 spiro atoms. The SMILES string of the molecule is C=C1C=CC=C(C)N1/C(Nc1ccc2c(c1)OCCO2)=C(\N)c1ccc(O)cc1F. The largest absolute Gasteiger partial charge is 0.508 e. The van der Waals surface area contributed by atoms with Gasteiger partial charge in [0.25, 0.3) is 0 Å². The zero-order valence-electron chi connectivity index (χ0n) is 16.5. The van der Waals surface area contributed by atoms with Crippen molar-refractivity contribution in [2.24, 2.45) is 5.73 Å². The summed E-state index contributed by atoms with van der Waals surface area (Å²) in [6.07, 6.45) is 5.62. The summed E-state index contributed by atoms with van der Waals surface area (Å²) >= 11 is 0. The fourth-order valence-electron chi connectivity index (χ4n) is 3.35. The average molecular weight is 407 g/mol. The molecule has 2 heterocycles. The van der Waals surface area contributed by atoms with Crippen LogP contribution in [0.4, 0.5) is 10.1 Å². The molecule has 4 N–H and O–H groups in total. The van der Waals surface area contributed by atoms with E-state index in [1.807, 2.05) is 31.2 Å². The van der Waals surface area contributed by atoms with E-state index in [0.29, 0.717) is 41.9 Å². The molecule has 30 heavy (non-hydrogen) atoms. The van der Waals surface area contributed by atoms with Crippen molar-refractivity contribution < 1.29 is 19.0 Å². The number of ether oxygens (including phenoxy) is 2. The Kier molecular flexibility index (Phi) is 5.10. The minimum absolute atomic E-state index is 0.156. The van der Waals surface area contributed by atoms with E-state index in [-0.39, 0.29) is 17.0 Å². The molecule has 7 heteroatoms. The second kappa shape index (κ2) is 7.87. The summed E-state index contributed by atoms with van der Waals surface area (Å²) in [5.41, 5.74) is 8.95. The van der Waals surface area contributed by atoms with Gasteiger partial charge < -0.3 is 25.6 Å². The van der Waals surface area contributed by atoms with E-state index in [1.54, 1.807) is 17.0 Å². The molecule has 2 aromatic rings. The van der Waals surface area contributed by atoms with Gasteiger partial charge in [0.2, 0.25) is 0 Å². The zero-order valence-corrected chi connectivity index (χ0v) is 16.5. The Balaban J connectivity index is 1.81. The summed E-state index contributed by atoms with van der Waals surface area (Å²) in [7, 11) is 0. The van der Waals surface area contributed by atoms with Crippen LogP contribution in [0.15, 0.2) is 78.4 Å². The van der Waals surface area contributed by atoms with Crippen LogP contribution >= 0.6 is 0 Å². The van der Waals surface area contributed by atoms with Crippen LogP contribution in [-0.2, 0) is 0 Å². The summed E-state index contributed by atoms with van der Waals surface area (Å²) in [5, 5.41) is 12.8. The number of allylic oxidation sites excluding steroid dienone is 4. The first-order valence-electron chi connectivity index (χ1n) is 9.43.